The Morgan fingerprint density at radius 1 is 1.14 bits per heavy atom. The highest BCUT2D eigenvalue weighted by molar-refractivity contribution is 7.92. The topological polar surface area (TPSA) is 75.7 Å². The summed E-state index contributed by atoms with van der Waals surface area (Å²) in [6.45, 7) is 7.41. The molecule has 2 atom stereocenters. The first kappa shape index (κ1) is 23.0. The Labute approximate surface area is 177 Å². The normalized spacial score (nSPS) is 13.5. The Balaban J connectivity index is 2.30. The summed E-state index contributed by atoms with van der Waals surface area (Å²) < 4.78 is 31.1. The molecule has 0 bridgehead atoms. The van der Waals surface area contributed by atoms with Crippen LogP contribution in [0.3, 0.4) is 0 Å². The molecule has 2 unspecified atom stereocenters. The van der Waals surface area contributed by atoms with Crippen LogP contribution in [-0.4, -0.2) is 33.7 Å². The molecule has 0 aliphatic carbocycles. The lowest BCUT2D eigenvalue weighted by Gasteiger charge is -2.29. The Morgan fingerprint density at radius 3 is 2.31 bits per heavy atom. The molecule has 6 nitrogen and oxygen atoms in total. The zero-order valence-corrected chi connectivity index (χ0v) is 19.1. The minimum absolute atomic E-state index is 0.259. The summed E-state index contributed by atoms with van der Waals surface area (Å²) in [5, 5.41) is 3.17. The third-order valence-electron chi connectivity index (χ3n) is 4.73. The predicted octanol–water partition coefficient (Wildman–Crippen LogP) is 4.00. The van der Waals surface area contributed by atoms with E-state index in [0.717, 1.165) is 27.3 Å². The number of ether oxygens (including phenoxy) is 1. The van der Waals surface area contributed by atoms with E-state index in [1.54, 1.807) is 19.1 Å². The van der Waals surface area contributed by atoms with Crippen molar-refractivity contribution in [3.05, 3.63) is 58.1 Å². The van der Waals surface area contributed by atoms with Gasteiger partial charge < -0.3 is 10.1 Å². The summed E-state index contributed by atoms with van der Waals surface area (Å²) in [4.78, 5) is 12.9. The lowest BCUT2D eigenvalue weighted by molar-refractivity contribution is -0.122. The standard InChI is InChI=1S/C21H27ClN2O4S/c1-13-7-9-18(14(2)11-13)15(3)23-21(25)16(4)24(29(6,26)27)17-8-10-20(28-5)19(22)12-17/h7-12,15-16H,1-6H3,(H,23,25). The van der Waals surface area contributed by atoms with Crippen molar-refractivity contribution in [2.45, 2.75) is 39.8 Å². The average Bonchev–Trinajstić information content (AvgIpc) is 2.60. The first-order chi connectivity index (χ1) is 13.5. The van der Waals surface area contributed by atoms with E-state index in [-0.39, 0.29) is 11.1 Å². The largest absolute Gasteiger partial charge is 0.495 e. The van der Waals surface area contributed by atoms with E-state index >= 15 is 0 Å². The van der Waals surface area contributed by atoms with Gasteiger partial charge in [0.05, 0.1) is 30.1 Å². The van der Waals surface area contributed by atoms with Gasteiger partial charge in [-0.1, -0.05) is 35.4 Å². The zero-order chi connectivity index (χ0) is 21.9. The molecular weight excluding hydrogens is 412 g/mol. The predicted molar refractivity (Wildman–Crippen MR) is 117 cm³/mol. The third kappa shape index (κ3) is 5.42. The summed E-state index contributed by atoms with van der Waals surface area (Å²) in [7, 11) is -2.27. The molecule has 158 valence electrons. The molecule has 8 heteroatoms. The smallest absolute Gasteiger partial charge is 0.244 e. The van der Waals surface area contributed by atoms with Gasteiger partial charge in [-0.15, -0.1) is 0 Å². The number of rotatable bonds is 7. The second-order valence-electron chi connectivity index (χ2n) is 7.14. The van der Waals surface area contributed by atoms with E-state index in [0.29, 0.717) is 11.4 Å². The SMILES string of the molecule is COc1ccc(N(C(C)C(=O)NC(C)c2ccc(C)cc2C)S(C)(=O)=O)cc1Cl. The molecule has 2 aromatic carbocycles. The number of nitrogens with zero attached hydrogens (tertiary/aromatic N) is 1. The number of methoxy groups -OCH3 is 1. The van der Waals surface area contributed by atoms with Crippen molar-refractivity contribution in [3.8, 4) is 5.75 Å². The molecule has 0 fully saturated rings. The number of hydrogen-bond acceptors (Lipinski definition) is 4. The van der Waals surface area contributed by atoms with Crippen molar-refractivity contribution in [2.24, 2.45) is 0 Å². The molecule has 0 saturated carbocycles. The average molecular weight is 439 g/mol. The van der Waals surface area contributed by atoms with Gasteiger partial charge in [-0.25, -0.2) is 8.42 Å². The minimum Gasteiger partial charge on any atom is -0.495 e. The lowest BCUT2D eigenvalue weighted by Crippen LogP contribution is -2.48. The lowest BCUT2D eigenvalue weighted by atomic mass is 10.00. The van der Waals surface area contributed by atoms with Crippen LogP contribution in [0, 0.1) is 13.8 Å². The number of halogens is 1. The number of sulfonamides is 1. The van der Waals surface area contributed by atoms with Gasteiger partial charge in [-0.2, -0.15) is 0 Å². The fourth-order valence-corrected chi connectivity index (χ4v) is 4.74. The van der Waals surface area contributed by atoms with Crippen LogP contribution in [0.5, 0.6) is 5.75 Å². The molecule has 29 heavy (non-hydrogen) atoms. The summed E-state index contributed by atoms with van der Waals surface area (Å²) in [5.41, 5.74) is 3.47. The van der Waals surface area contributed by atoms with Crippen molar-refractivity contribution < 1.29 is 17.9 Å². The van der Waals surface area contributed by atoms with Crippen LogP contribution in [-0.2, 0) is 14.8 Å². The zero-order valence-electron chi connectivity index (χ0n) is 17.5. The molecule has 1 amide bonds. The van der Waals surface area contributed by atoms with E-state index in [9.17, 15) is 13.2 Å². The fourth-order valence-electron chi connectivity index (χ4n) is 3.32. The van der Waals surface area contributed by atoms with E-state index in [1.807, 2.05) is 39.0 Å². The molecule has 0 radical (unpaired) electrons. The van der Waals surface area contributed by atoms with Crippen LogP contribution in [0.2, 0.25) is 5.02 Å². The number of amides is 1. The van der Waals surface area contributed by atoms with Crippen LogP contribution in [0.15, 0.2) is 36.4 Å². The number of nitrogens with one attached hydrogen (secondary N) is 1. The summed E-state index contributed by atoms with van der Waals surface area (Å²) >= 11 is 6.16. The third-order valence-corrected chi connectivity index (χ3v) is 6.27. The molecule has 0 spiro atoms. The number of benzene rings is 2. The quantitative estimate of drug-likeness (QED) is 0.708. The fraction of sp³-hybridized carbons (Fsp3) is 0.381. The molecule has 0 aliphatic heterocycles. The van der Waals surface area contributed by atoms with Gasteiger partial charge in [-0.3, -0.25) is 9.10 Å². The van der Waals surface area contributed by atoms with Crippen molar-refractivity contribution in [1.29, 1.82) is 0 Å². The molecular formula is C21H27ClN2O4S. The number of hydrogen-bond donors (Lipinski definition) is 1. The second-order valence-corrected chi connectivity index (χ2v) is 9.41. The maximum absolute atomic E-state index is 12.9. The van der Waals surface area contributed by atoms with E-state index in [1.165, 1.54) is 13.2 Å². The number of carbonyl (C=O) groups excluding carboxylic acids is 1. The Bertz CT molecular complexity index is 1010. The van der Waals surface area contributed by atoms with Gasteiger partial charge >= 0.3 is 0 Å². The monoisotopic (exact) mass is 438 g/mol. The highest BCUT2D eigenvalue weighted by Crippen LogP contribution is 2.31. The van der Waals surface area contributed by atoms with Crippen LogP contribution in [0.25, 0.3) is 0 Å². The second kappa shape index (κ2) is 9.05. The van der Waals surface area contributed by atoms with E-state index in [2.05, 4.69) is 5.32 Å². The van der Waals surface area contributed by atoms with Gasteiger partial charge in [0.2, 0.25) is 15.9 Å². The number of anilines is 1. The maximum atomic E-state index is 12.9. The highest BCUT2D eigenvalue weighted by Gasteiger charge is 2.30. The molecule has 1 N–H and O–H groups in total. The van der Waals surface area contributed by atoms with Gasteiger partial charge in [0.25, 0.3) is 0 Å². The summed E-state index contributed by atoms with van der Waals surface area (Å²) in [6.07, 6.45) is 1.06. The Hall–Kier alpha value is -2.25. The number of aryl methyl sites for hydroxylation is 2. The molecule has 2 rings (SSSR count). The first-order valence-electron chi connectivity index (χ1n) is 9.16. The minimum atomic E-state index is -3.74. The van der Waals surface area contributed by atoms with Crippen molar-refractivity contribution >= 4 is 33.2 Å². The number of carbonyl (C=O) groups is 1. The van der Waals surface area contributed by atoms with Gasteiger partial charge in [0.15, 0.2) is 0 Å². The molecule has 0 saturated heterocycles. The van der Waals surface area contributed by atoms with E-state index < -0.39 is 22.0 Å². The van der Waals surface area contributed by atoms with Gasteiger partial charge in [0.1, 0.15) is 11.8 Å². The Morgan fingerprint density at radius 2 is 1.79 bits per heavy atom. The first-order valence-corrected chi connectivity index (χ1v) is 11.4. The van der Waals surface area contributed by atoms with Gasteiger partial charge in [-0.05, 0) is 57.0 Å². The van der Waals surface area contributed by atoms with Crippen molar-refractivity contribution in [1.82, 2.24) is 5.32 Å². The van der Waals surface area contributed by atoms with Crippen molar-refractivity contribution in [3.63, 3.8) is 0 Å². The van der Waals surface area contributed by atoms with E-state index in [4.69, 9.17) is 16.3 Å². The van der Waals surface area contributed by atoms with Crippen LogP contribution in [0.4, 0.5) is 5.69 Å². The molecule has 0 aromatic heterocycles. The van der Waals surface area contributed by atoms with Crippen LogP contribution in [0.1, 0.15) is 36.6 Å². The summed E-state index contributed by atoms with van der Waals surface area (Å²) in [5.74, 6) is 0.0132. The van der Waals surface area contributed by atoms with Crippen molar-refractivity contribution in [2.75, 3.05) is 17.7 Å². The van der Waals surface area contributed by atoms with Gasteiger partial charge in [0, 0.05) is 0 Å². The summed E-state index contributed by atoms with van der Waals surface area (Å²) in [6, 6.07) is 9.35. The Kier molecular flexibility index (Phi) is 7.19. The molecule has 0 heterocycles. The van der Waals surface area contributed by atoms with Crippen LogP contribution < -0.4 is 14.4 Å². The molecule has 0 aliphatic rings. The van der Waals surface area contributed by atoms with Crippen LogP contribution >= 0.6 is 11.6 Å². The molecule has 2 aromatic rings. The maximum Gasteiger partial charge on any atom is 0.244 e. The highest BCUT2D eigenvalue weighted by atomic mass is 35.5.